The molecule has 0 saturated carbocycles. The Morgan fingerprint density at radius 2 is 2.00 bits per heavy atom. The van der Waals surface area contributed by atoms with Gasteiger partial charge in [0, 0.05) is 23.6 Å². The van der Waals surface area contributed by atoms with Gasteiger partial charge in [0.15, 0.2) is 11.6 Å². The number of carbonyl (C=O) groups excluding carboxylic acids is 3. The van der Waals surface area contributed by atoms with Crippen molar-refractivity contribution in [1.29, 1.82) is 0 Å². The summed E-state index contributed by atoms with van der Waals surface area (Å²) in [7, 11) is 0. The van der Waals surface area contributed by atoms with Crippen LogP contribution in [-0.2, 0) is 9.59 Å². The Morgan fingerprint density at radius 1 is 1.26 bits per heavy atom. The van der Waals surface area contributed by atoms with E-state index in [-0.39, 0.29) is 29.8 Å². The predicted octanol–water partition coefficient (Wildman–Crippen LogP) is 3.92. The van der Waals surface area contributed by atoms with Crippen LogP contribution in [-0.4, -0.2) is 23.4 Å². The molecule has 0 aliphatic heterocycles. The minimum absolute atomic E-state index is 0.00593. The normalized spacial score (nSPS) is 11.5. The number of hydrogen-bond acceptors (Lipinski definition) is 3. The van der Waals surface area contributed by atoms with E-state index in [4.69, 9.17) is 11.6 Å². The Hall–Kier alpha value is -2.20. The lowest BCUT2D eigenvalue weighted by Gasteiger charge is -2.05. The van der Waals surface area contributed by atoms with E-state index >= 15 is 0 Å². The van der Waals surface area contributed by atoms with Crippen molar-refractivity contribution < 1.29 is 14.4 Å². The van der Waals surface area contributed by atoms with Gasteiger partial charge in [0.2, 0.25) is 5.91 Å². The number of benzene rings is 1. The van der Waals surface area contributed by atoms with Gasteiger partial charge in [-0.2, -0.15) is 0 Å². The molecule has 0 atom stereocenters. The van der Waals surface area contributed by atoms with Gasteiger partial charge in [-0.25, -0.2) is 0 Å². The molecule has 0 heterocycles. The summed E-state index contributed by atoms with van der Waals surface area (Å²) in [6, 6.07) is 6.69. The SMILES string of the molecule is C/C=C(\C/C=C\C(=O)c1cccc(NC(=O)CCCl)c1)C(C)=O. The number of alkyl halides is 1. The Morgan fingerprint density at radius 3 is 2.61 bits per heavy atom. The van der Waals surface area contributed by atoms with Crippen LogP contribution in [0.4, 0.5) is 5.69 Å². The molecule has 1 rings (SSSR count). The lowest BCUT2D eigenvalue weighted by molar-refractivity contribution is -0.116. The van der Waals surface area contributed by atoms with E-state index in [1.54, 1.807) is 43.3 Å². The van der Waals surface area contributed by atoms with Crippen LogP contribution in [0.3, 0.4) is 0 Å². The highest BCUT2D eigenvalue weighted by Crippen LogP contribution is 2.13. The number of allylic oxidation sites excluding steroid dienone is 4. The number of halogens is 1. The third-order valence-electron chi connectivity index (χ3n) is 3.16. The van der Waals surface area contributed by atoms with Crippen LogP contribution in [0.15, 0.2) is 48.1 Å². The molecule has 1 aromatic carbocycles. The molecule has 0 fully saturated rings. The van der Waals surface area contributed by atoms with E-state index < -0.39 is 0 Å². The predicted molar refractivity (Wildman–Crippen MR) is 92.9 cm³/mol. The monoisotopic (exact) mass is 333 g/mol. The van der Waals surface area contributed by atoms with E-state index in [0.717, 1.165) is 0 Å². The zero-order valence-electron chi connectivity index (χ0n) is 13.3. The Labute approximate surface area is 141 Å². The topological polar surface area (TPSA) is 63.2 Å². The Kier molecular flexibility index (Phi) is 7.98. The van der Waals surface area contributed by atoms with Crippen molar-refractivity contribution in [1.82, 2.24) is 0 Å². The second kappa shape index (κ2) is 9.74. The van der Waals surface area contributed by atoms with Crippen molar-refractivity contribution >= 4 is 34.8 Å². The summed E-state index contributed by atoms with van der Waals surface area (Å²) in [5.74, 6) is -0.137. The molecule has 23 heavy (non-hydrogen) atoms. The molecule has 0 radical (unpaired) electrons. The molecular formula is C18H20ClNO3. The first-order chi connectivity index (χ1) is 11.0. The summed E-state index contributed by atoms with van der Waals surface area (Å²) in [5, 5.41) is 2.68. The molecule has 0 unspecified atom stereocenters. The largest absolute Gasteiger partial charge is 0.326 e. The first-order valence-corrected chi connectivity index (χ1v) is 7.84. The molecule has 122 valence electrons. The third-order valence-corrected chi connectivity index (χ3v) is 3.35. The summed E-state index contributed by atoms with van der Waals surface area (Å²) in [6.07, 6.45) is 5.48. The number of ketones is 2. The summed E-state index contributed by atoms with van der Waals surface area (Å²) < 4.78 is 0. The fraction of sp³-hybridized carbons (Fsp3) is 0.278. The lowest BCUT2D eigenvalue weighted by Crippen LogP contribution is -2.12. The van der Waals surface area contributed by atoms with Crippen LogP contribution < -0.4 is 5.32 Å². The van der Waals surface area contributed by atoms with Gasteiger partial charge in [0.1, 0.15) is 0 Å². The Balaban J connectivity index is 2.73. The lowest BCUT2D eigenvalue weighted by atomic mass is 10.1. The molecule has 0 spiro atoms. The number of anilines is 1. The molecule has 0 saturated heterocycles. The molecule has 1 N–H and O–H groups in total. The molecule has 0 aromatic heterocycles. The minimum atomic E-state index is -0.195. The van der Waals surface area contributed by atoms with Crippen LogP contribution in [0.5, 0.6) is 0 Å². The van der Waals surface area contributed by atoms with E-state index in [2.05, 4.69) is 5.32 Å². The van der Waals surface area contributed by atoms with Crippen LogP contribution in [0.1, 0.15) is 37.0 Å². The van der Waals surface area contributed by atoms with Crippen molar-refractivity contribution in [3.05, 3.63) is 53.6 Å². The summed E-state index contributed by atoms with van der Waals surface area (Å²) in [6.45, 7) is 3.29. The summed E-state index contributed by atoms with van der Waals surface area (Å²) in [4.78, 5) is 34.9. The number of carbonyl (C=O) groups is 3. The molecular weight excluding hydrogens is 314 g/mol. The van der Waals surface area contributed by atoms with Gasteiger partial charge in [-0.3, -0.25) is 14.4 Å². The summed E-state index contributed by atoms with van der Waals surface area (Å²) in [5.41, 5.74) is 1.68. The quantitative estimate of drug-likeness (QED) is 0.445. The van der Waals surface area contributed by atoms with Crippen molar-refractivity contribution in [3.8, 4) is 0 Å². The van der Waals surface area contributed by atoms with Crippen LogP contribution in [0.25, 0.3) is 0 Å². The van der Waals surface area contributed by atoms with E-state index in [1.807, 2.05) is 0 Å². The molecule has 0 bridgehead atoms. The van der Waals surface area contributed by atoms with Crippen LogP contribution >= 0.6 is 11.6 Å². The summed E-state index contributed by atoms with van der Waals surface area (Å²) >= 11 is 5.51. The average Bonchev–Trinajstić information content (AvgIpc) is 2.51. The maximum absolute atomic E-state index is 12.1. The molecule has 1 amide bonds. The van der Waals surface area contributed by atoms with E-state index in [0.29, 0.717) is 23.2 Å². The van der Waals surface area contributed by atoms with E-state index in [9.17, 15) is 14.4 Å². The third kappa shape index (κ3) is 6.61. The smallest absolute Gasteiger partial charge is 0.225 e. The fourth-order valence-electron chi connectivity index (χ4n) is 1.91. The standard InChI is InChI=1S/C18H20ClNO3/c1-3-14(13(2)21)6-5-9-17(22)15-7-4-8-16(12-15)20-18(23)10-11-19/h3-5,7-9,12H,6,10-11H2,1-2H3,(H,20,23)/b9-5-,14-3+. The van der Waals surface area contributed by atoms with Gasteiger partial charge >= 0.3 is 0 Å². The highest BCUT2D eigenvalue weighted by Gasteiger charge is 2.06. The van der Waals surface area contributed by atoms with Gasteiger partial charge < -0.3 is 5.32 Å². The molecule has 5 heteroatoms. The maximum atomic E-state index is 12.1. The molecule has 0 aliphatic rings. The van der Waals surface area contributed by atoms with Gasteiger partial charge in [-0.15, -0.1) is 11.6 Å². The number of Topliss-reactive ketones (excluding diaryl/α,β-unsaturated/α-hetero) is 1. The molecule has 0 aliphatic carbocycles. The highest BCUT2D eigenvalue weighted by atomic mass is 35.5. The van der Waals surface area contributed by atoms with Gasteiger partial charge in [0.05, 0.1) is 0 Å². The first kappa shape index (κ1) is 18.8. The van der Waals surface area contributed by atoms with Gasteiger partial charge in [-0.05, 0) is 44.1 Å². The van der Waals surface area contributed by atoms with Gasteiger partial charge in [0.25, 0.3) is 0 Å². The van der Waals surface area contributed by atoms with Crippen LogP contribution in [0, 0.1) is 0 Å². The zero-order valence-corrected chi connectivity index (χ0v) is 14.0. The molecule has 1 aromatic rings. The second-order valence-corrected chi connectivity index (χ2v) is 5.29. The Bertz CT molecular complexity index is 647. The number of nitrogens with one attached hydrogen (secondary N) is 1. The van der Waals surface area contributed by atoms with Crippen molar-refractivity contribution in [2.24, 2.45) is 0 Å². The number of hydrogen-bond donors (Lipinski definition) is 1. The zero-order chi connectivity index (χ0) is 17.2. The van der Waals surface area contributed by atoms with Crippen molar-refractivity contribution in [3.63, 3.8) is 0 Å². The average molecular weight is 334 g/mol. The van der Waals surface area contributed by atoms with E-state index in [1.165, 1.54) is 13.0 Å². The maximum Gasteiger partial charge on any atom is 0.225 e. The highest BCUT2D eigenvalue weighted by molar-refractivity contribution is 6.19. The van der Waals surface area contributed by atoms with Crippen LogP contribution in [0.2, 0.25) is 0 Å². The fourth-order valence-corrected chi connectivity index (χ4v) is 2.09. The van der Waals surface area contributed by atoms with Crippen molar-refractivity contribution in [2.45, 2.75) is 26.7 Å². The number of amides is 1. The van der Waals surface area contributed by atoms with Gasteiger partial charge in [-0.1, -0.05) is 24.3 Å². The second-order valence-electron chi connectivity index (χ2n) is 4.91. The number of rotatable bonds is 8. The molecule has 4 nitrogen and oxygen atoms in total. The van der Waals surface area contributed by atoms with Crippen molar-refractivity contribution in [2.75, 3.05) is 11.2 Å². The first-order valence-electron chi connectivity index (χ1n) is 7.30. The minimum Gasteiger partial charge on any atom is -0.326 e.